The highest BCUT2D eigenvalue weighted by atomic mass is 19.4. The molecule has 0 heterocycles. The highest BCUT2D eigenvalue weighted by Gasteiger charge is 2.58. The summed E-state index contributed by atoms with van der Waals surface area (Å²) in [6.07, 6.45) is -4.89. The molecule has 0 aromatic heterocycles. The van der Waals surface area contributed by atoms with Crippen LogP contribution < -0.4 is 0 Å². The third-order valence-corrected chi connectivity index (χ3v) is 2.28. The number of rotatable bonds is 4. The molecule has 1 aromatic carbocycles. The molecule has 1 nitrogen and oxygen atoms in total. The fourth-order valence-corrected chi connectivity index (χ4v) is 1.32. The van der Waals surface area contributed by atoms with E-state index in [-0.39, 0.29) is 6.61 Å². The minimum Gasteiger partial charge on any atom is -0.237 e. The van der Waals surface area contributed by atoms with Crippen LogP contribution in [0.2, 0.25) is 0 Å². The van der Waals surface area contributed by atoms with E-state index in [1.54, 1.807) is 0 Å². The maximum atomic E-state index is 12.9. The standard InChI is InChI=1S/C11H10F5O/c12-10(13,11(14,15)16)9-5-3-8(4-6-9)2-1-7-17/h3-6H,1-2,7H2. The number of halogens is 5. The van der Waals surface area contributed by atoms with Gasteiger partial charge in [-0.25, -0.2) is 5.11 Å². The van der Waals surface area contributed by atoms with Crippen LogP contribution in [-0.4, -0.2) is 12.8 Å². The molecule has 0 aliphatic carbocycles. The summed E-state index contributed by atoms with van der Waals surface area (Å²) in [6.45, 7) is -0.305. The third-order valence-electron chi connectivity index (χ3n) is 2.28. The van der Waals surface area contributed by atoms with Gasteiger partial charge in [-0.15, -0.1) is 0 Å². The fourth-order valence-electron chi connectivity index (χ4n) is 1.32. The zero-order chi connectivity index (χ0) is 13.1. The predicted molar refractivity (Wildman–Crippen MR) is 50.3 cm³/mol. The zero-order valence-corrected chi connectivity index (χ0v) is 8.73. The van der Waals surface area contributed by atoms with Gasteiger partial charge in [0, 0.05) is 5.56 Å². The highest BCUT2D eigenvalue weighted by molar-refractivity contribution is 5.27. The van der Waals surface area contributed by atoms with Crippen LogP contribution in [0.1, 0.15) is 17.5 Å². The van der Waals surface area contributed by atoms with Crippen LogP contribution in [0.25, 0.3) is 0 Å². The quantitative estimate of drug-likeness (QED) is 0.729. The van der Waals surface area contributed by atoms with Gasteiger partial charge >= 0.3 is 12.1 Å². The summed E-state index contributed by atoms with van der Waals surface area (Å²) in [4.78, 5) is 0. The first-order chi connectivity index (χ1) is 7.79. The van der Waals surface area contributed by atoms with Crippen molar-refractivity contribution < 1.29 is 27.1 Å². The average molecular weight is 253 g/mol. The Bertz CT molecular complexity index is 355. The lowest BCUT2D eigenvalue weighted by Gasteiger charge is -2.19. The monoisotopic (exact) mass is 253 g/mol. The largest absolute Gasteiger partial charge is 0.458 e. The zero-order valence-electron chi connectivity index (χ0n) is 8.73. The van der Waals surface area contributed by atoms with E-state index in [4.69, 9.17) is 0 Å². The summed E-state index contributed by atoms with van der Waals surface area (Å²) in [5, 5.41) is 10.2. The molecule has 1 radical (unpaired) electrons. The van der Waals surface area contributed by atoms with Gasteiger partial charge in [-0.2, -0.15) is 22.0 Å². The van der Waals surface area contributed by atoms with Crippen LogP contribution in [0, 0.1) is 0 Å². The van der Waals surface area contributed by atoms with Crippen molar-refractivity contribution in [1.82, 2.24) is 0 Å². The van der Waals surface area contributed by atoms with E-state index in [1.807, 2.05) is 0 Å². The first-order valence-electron chi connectivity index (χ1n) is 4.91. The van der Waals surface area contributed by atoms with Crippen LogP contribution in [0.4, 0.5) is 22.0 Å². The van der Waals surface area contributed by atoms with Gasteiger partial charge in [0.2, 0.25) is 0 Å². The molecule has 0 unspecified atom stereocenters. The van der Waals surface area contributed by atoms with Crippen molar-refractivity contribution in [2.45, 2.75) is 24.9 Å². The molecule has 1 aromatic rings. The Morgan fingerprint density at radius 3 is 1.88 bits per heavy atom. The molecule has 17 heavy (non-hydrogen) atoms. The van der Waals surface area contributed by atoms with Gasteiger partial charge in [-0.05, 0) is 18.4 Å². The smallest absolute Gasteiger partial charge is 0.237 e. The molecule has 0 aliphatic heterocycles. The van der Waals surface area contributed by atoms with Gasteiger partial charge in [-0.3, -0.25) is 0 Å². The van der Waals surface area contributed by atoms with Crippen LogP contribution in [-0.2, 0) is 17.4 Å². The molecule has 0 spiro atoms. The van der Waals surface area contributed by atoms with Gasteiger partial charge in [0.25, 0.3) is 0 Å². The van der Waals surface area contributed by atoms with Crippen LogP contribution in [0.3, 0.4) is 0 Å². The Morgan fingerprint density at radius 1 is 0.941 bits per heavy atom. The summed E-state index contributed by atoms with van der Waals surface area (Å²) in [7, 11) is 0. The summed E-state index contributed by atoms with van der Waals surface area (Å²) >= 11 is 0. The van der Waals surface area contributed by atoms with E-state index < -0.39 is 17.7 Å². The Hall–Kier alpha value is -1.17. The van der Waals surface area contributed by atoms with E-state index in [0.717, 1.165) is 12.1 Å². The Balaban J connectivity index is 2.87. The topological polar surface area (TPSA) is 19.9 Å². The Kier molecular flexibility index (Phi) is 4.08. The highest BCUT2D eigenvalue weighted by Crippen LogP contribution is 2.43. The predicted octanol–water partition coefficient (Wildman–Crippen LogP) is 3.70. The molecule has 0 amide bonds. The second-order valence-corrected chi connectivity index (χ2v) is 3.58. The van der Waals surface area contributed by atoms with Crippen molar-refractivity contribution in [2.75, 3.05) is 6.61 Å². The Morgan fingerprint density at radius 2 is 1.47 bits per heavy atom. The van der Waals surface area contributed by atoms with Gasteiger partial charge in [-0.1, -0.05) is 24.3 Å². The Labute approximate surface area is 94.9 Å². The molecule has 6 heteroatoms. The number of alkyl halides is 5. The average Bonchev–Trinajstić information content (AvgIpc) is 2.25. The molecule has 1 rings (SSSR count). The van der Waals surface area contributed by atoms with E-state index >= 15 is 0 Å². The van der Waals surface area contributed by atoms with Crippen molar-refractivity contribution in [2.24, 2.45) is 0 Å². The molecule has 0 atom stereocenters. The molecular formula is C11H10F5O. The SMILES string of the molecule is [O]CCCc1ccc(C(F)(F)C(F)(F)F)cc1. The van der Waals surface area contributed by atoms with Crippen molar-refractivity contribution in [1.29, 1.82) is 0 Å². The maximum absolute atomic E-state index is 12.9. The molecule has 0 saturated carbocycles. The number of benzene rings is 1. The van der Waals surface area contributed by atoms with Gasteiger partial charge in [0.15, 0.2) is 0 Å². The van der Waals surface area contributed by atoms with Crippen molar-refractivity contribution >= 4 is 0 Å². The molecule has 0 bridgehead atoms. The molecule has 0 N–H and O–H groups in total. The maximum Gasteiger partial charge on any atom is 0.458 e. The molecule has 0 fully saturated rings. The second-order valence-electron chi connectivity index (χ2n) is 3.58. The fraction of sp³-hybridized carbons (Fsp3) is 0.455. The van der Waals surface area contributed by atoms with Crippen molar-refractivity contribution in [3.05, 3.63) is 35.4 Å². The van der Waals surface area contributed by atoms with Crippen LogP contribution >= 0.6 is 0 Å². The first kappa shape index (κ1) is 13.9. The first-order valence-corrected chi connectivity index (χ1v) is 4.91. The van der Waals surface area contributed by atoms with Crippen LogP contribution in [0.15, 0.2) is 24.3 Å². The van der Waals surface area contributed by atoms with E-state index in [0.29, 0.717) is 18.4 Å². The summed E-state index contributed by atoms with van der Waals surface area (Å²) in [6, 6.07) is 3.86. The minimum atomic E-state index is -5.59. The molecule has 95 valence electrons. The molecule has 0 saturated heterocycles. The summed E-state index contributed by atoms with van der Waals surface area (Å²) < 4.78 is 61.8. The third kappa shape index (κ3) is 3.15. The van der Waals surface area contributed by atoms with Gasteiger partial charge < -0.3 is 0 Å². The van der Waals surface area contributed by atoms with E-state index in [1.165, 1.54) is 12.1 Å². The van der Waals surface area contributed by atoms with E-state index in [9.17, 15) is 27.1 Å². The summed E-state index contributed by atoms with van der Waals surface area (Å²) in [5.41, 5.74) is -0.515. The van der Waals surface area contributed by atoms with E-state index in [2.05, 4.69) is 0 Å². The lowest BCUT2D eigenvalue weighted by molar-refractivity contribution is -0.289. The number of hydrogen-bond donors (Lipinski definition) is 0. The second kappa shape index (κ2) is 5.00. The number of hydrogen-bond acceptors (Lipinski definition) is 0. The number of aryl methyl sites for hydroxylation is 1. The minimum absolute atomic E-state index is 0.305. The van der Waals surface area contributed by atoms with Crippen molar-refractivity contribution in [3.8, 4) is 0 Å². The summed E-state index contributed by atoms with van der Waals surface area (Å²) in [5.74, 6) is -4.84. The van der Waals surface area contributed by atoms with Gasteiger partial charge in [0.1, 0.15) is 0 Å². The van der Waals surface area contributed by atoms with Crippen LogP contribution in [0.5, 0.6) is 0 Å². The lowest BCUT2D eigenvalue weighted by Crippen LogP contribution is -2.33. The normalized spacial score (nSPS) is 12.8. The van der Waals surface area contributed by atoms with Crippen molar-refractivity contribution in [3.63, 3.8) is 0 Å². The molecular weight excluding hydrogens is 243 g/mol. The molecule has 0 aliphatic rings. The lowest BCUT2D eigenvalue weighted by atomic mass is 10.0. The van der Waals surface area contributed by atoms with Gasteiger partial charge in [0.05, 0.1) is 6.61 Å².